The lowest BCUT2D eigenvalue weighted by Gasteiger charge is -2.41. The Morgan fingerprint density at radius 1 is 0.448 bits per heavy atom. The Morgan fingerprint density at radius 3 is 1.15 bits per heavy atom. The molecular weight excluding hydrogens is 876 g/mol. The predicted molar refractivity (Wildman–Crippen MR) is 267 cm³/mol. The zero-order chi connectivity index (χ0) is 49.2. The van der Waals surface area contributed by atoms with Crippen LogP contribution in [0.1, 0.15) is 258 Å². The molecule has 0 aromatic heterocycles. The van der Waals surface area contributed by atoms with Crippen molar-refractivity contribution in [1.29, 1.82) is 0 Å². The number of ether oxygens (including phenoxy) is 2. The van der Waals surface area contributed by atoms with Crippen molar-refractivity contribution in [2.24, 2.45) is 0 Å². The molecule has 396 valence electrons. The van der Waals surface area contributed by atoms with E-state index >= 15 is 0 Å². The van der Waals surface area contributed by atoms with Gasteiger partial charge in [0.05, 0.1) is 6.61 Å². The second kappa shape index (κ2) is 43.4. The fourth-order valence-electron chi connectivity index (χ4n) is 8.70. The Kier molecular flexibility index (Phi) is 41.2. The Morgan fingerprint density at radius 2 is 0.761 bits per heavy atom. The minimum Gasteiger partial charge on any atom is -0.462 e. The quantitative estimate of drug-likeness (QED) is 0.0145. The highest BCUT2D eigenvalue weighted by molar-refractivity contribution is 7.47. The molecule has 0 heterocycles. The predicted octanol–water partition coefficient (Wildman–Crippen LogP) is 12.2. The Labute approximate surface area is 407 Å². The van der Waals surface area contributed by atoms with Gasteiger partial charge in [-0.15, -0.1) is 0 Å². The third-order valence-electron chi connectivity index (χ3n) is 13.1. The number of allylic oxidation sites excluding steroid dienone is 2. The fraction of sp³-hybridized carbons (Fsp3) is 0.925. The van der Waals surface area contributed by atoms with E-state index < -0.39 is 75.7 Å². The second-order valence-electron chi connectivity index (χ2n) is 19.4. The summed E-state index contributed by atoms with van der Waals surface area (Å²) >= 11 is 0. The van der Waals surface area contributed by atoms with Crippen LogP contribution in [0.3, 0.4) is 0 Å². The molecule has 0 aromatic rings. The minimum atomic E-state index is -5.12. The number of phosphoric acid groups is 1. The first-order chi connectivity index (χ1) is 32.4. The Balaban J connectivity index is 2.32. The first-order valence-electron chi connectivity index (χ1n) is 27.5. The first kappa shape index (κ1) is 63.6. The number of hydrogen-bond donors (Lipinski definition) is 6. The number of hydrogen-bond acceptors (Lipinski definition) is 12. The lowest BCUT2D eigenvalue weighted by molar-refractivity contribution is -0.220. The third-order valence-corrected chi connectivity index (χ3v) is 14.1. The van der Waals surface area contributed by atoms with Crippen LogP contribution in [0.2, 0.25) is 0 Å². The molecule has 1 aliphatic rings. The second-order valence-corrected chi connectivity index (χ2v) is 20.9. The highest BCUT2D eigenvalue weighted by atomic mass is 31.2. The van der Waals surface area contributed by atoms with Crippen molar-refractivity contribution in [1.82, 2.24) is 0 Å². The van der Waals surface area contributed by atoms with Gasteiger partial charge in [-0.1, -0.05) is 219 Å². The lowest BCUT2D eigenvalue weighted by atomic mass is 9.85. The van der Waals surface area contributed by atoms with E-state index in [0.29, 0.717) is 12.8 Å². The first-order valence-corrected chi connectivity index (χ1v) is 29.0. The van der Waals surface area contributed by atoms with Crippen LogP contribution in [0, 0.1) is 0 Å². The maximum Gasteiger partial charge on any atom is 0.472 e. The third kappa shape index (κ3) is 35.4. The summed E-state index contributed by atoms with van der Waals surface area (Å²) in [5, 5.41) is 50.3. The molecule has 1 aliphatic carbocycles. The van der Waals surface area contributed by atoms with Crippen molar-refractivity contribution < 1.29 is 63.1 Å². The molecule has 0 aliphatic heterocycles. The van der Waals surface area contributed by atoms with Crippen molar-refractivity contribution in [3.63, 3.8) is 0 Å². The van der Waals surface area contributed by atoms with E-state index in [2.05, 4.69) is 26.0 Å². The lowest BCUT2D eigenvalue weighted by Crippen LogP contribution is -2.64. The molecule has 1 rings (SSSR count). The molecule has 14 heteroatoms. The normalized spacial score (nSPS) is 21.1. The van der Waals surface area contributed by atoms with E-state index in [4.69, 9.17) is 18.5 Å². The van der Waals surface area contributed by atoms with Crippen LogP contribution >= 0.6 is 7.82 Å². The molecule has 6 unspecified atom stereocenters. The van der Waals surface area contributed by atoms with Crippen LogP contribution in [0.5, 0.6) is 0 Å². The van der Waals surface area contributed by atoms with E-state index in [1.165, 1.54) is 161 Å². The maximum atomic E-state index is 12.9. The van der Waals surface area contributed by atoms with Gasteiger partial charge in [-0.2, -0.15) is 0 Å². The number of carbonyl (C=O) groups is 2. The van der Waals surface area contributed by atoms with Gasteiger partial charge in [-0.25, -0.2) is 4.57 Å². The SMILES string of the molecule is CCCCCC/C=C/CCCCCCCCCC(=O)O[C@@H](COC(=O)CCCCCCCCCCCCCCCCCCCCCCCCC)COP(=O)(O)OC1C(O)C(O)C(O)[C@H](O)C1O. The smallest absolute Gasteiger partial charge is 0.462 e. The summed E-state index contributed by atoms with van der Waals surface area (Å²) in [5.41, 5.74) is 0. The number of phosphoric ester groups is 1. The van der Waals surface area contributed by atoms with Crippen LogP contribution in [-0.4, -0.2) is 98.3 Å². The van der Waals surface area contributed by atoms with Crippen LogP contribution in [0.15, 0.2) is 12.2 Å². The van der Waals surface area contributed by atoms with E-state index in [9.17, 15) is 44.6 Å². The monoisotopic (exact) mass is 977 g/mol. The summed E-state index contributed by atoms with van der Waals surface area (Å²) in [7, 11) is -5.12. The Bertz CT molecular complexity index is 1220. The molecule has 0 radical (unpaired) electrons. The van der Waals surface area contributed by atoms with E-state index in [1.54, 1.807) is 0 Å². The van der Waals surface area contributed by atoms with Gasteiger partial charge in [0.15, 0.2) is 6.10 Å². The summed E-state index contributed by atoms with van der Waals surface area (Å²) in [5.74, 6) is -1.09. The highest BCUT2D eigenvalue weighted by Crippen LogP contribution is 2.47. The summed E-state index contributed by atoms with van der Waals surface area (Å²) in [6.07, 6.45) is 35.5. The number of carbonyl (C=O) groups excluding carboxylic acids is 2. The topological polar surface area (TPSA) is 210 Å². The standard InChI is InChI=1S/C53H101O13P/c1-3-5-7-9-11-13-15-17-19-20-21-22-23-24-25-26-28-29-31-33-35-37-39-41-46(54)63-43-45(44-64-67(61,62)66-53-51(59)49(57)48(56)50(58)52(53)60)65-47(55)42-40-38-36-34-32-30-27-18-16-14-12-10-8-6-4-2/h14,16,45,48-53,56-60H,3-13,15,17-44H2,1-2H3,(H,61,62)/b16-14+/t45-,48?,49-,50?,51?,52?,53?/m0/s1. The fourth-order valence-corrected chi connectivity index (χ4v) is 9.67. The average Bonchev–Trinajstić information content (AvgIpc) is 3.31. The van der Waals surface area contributed by atoms with E-state index in [-0.39, 0.29) is 12.8 Å². The highest BCUT2D eigenvalue weighted by Gasteiger charge is 2.51. The largest absolute Gasteiger partial charge is 0.472 e. The van der Waals surface area contributed by atoms with Gasteiger partial charge in [0, 0.05) is 12.8 Å². The molecule has 1 saturated carbocycles. The Hall–Kier alpha value is -1.41. The molecular formula is C53H101O13P. The van der Waals surface area contributed by atoms with E-state index in [1.807, 2.05) is 0 Å². The molecule has 0 spiro atoms. The van der Waals surface area contributed by atoms with Crippen molar-refractivity contribution in [2.75, 3.05) is 13.2 Å². The van der Waals surface area contributed by atoms with Crippen LogP contribution in [-0.2, 0) is 32.7 Å². The van der Waals surface area contributed by atoms with Gasteiger partial charge in [0.1, 0.15) is 43.2 Å². The molecule has 0 bridgehead atoms. The van der Waals surface area contributed by atoms with Gasteiger partial charge in [-0.3, -0.25) is 18.6 Å². The van der Waals surface area contributed by atoms with Crippen molar-refractivity contribution in [2.45, 2.75) is 301 Å². The molecule has 8 atom stereocenters. The molecule has 0 saturated heterocycles. The van der Waals surface area contributed by atoms with Crippen molar-refractivity contribution >= 4 is 19.8 Å². The van der Waals surface area contributed by atoms with E-state index in [0.717, 1.165) is 57.8 Å². The van der Waals surface area contributed by atoms with Gasteiger partial charge in [0.25, 0.3) is 0 Å². The molecule has 1 fully saturated rings. The van der Waals surface area contributed by atoms with Crippen LogP contribution < -0.4 is 0 Å². The van der Waals surface area contributed by atoms with Crippen molar-refractivity contribution in [3.05, 3.63) is 12.2 Å². The van der Waals surface area contributed by atoms with Crippen LogP contribution in [0.25, 0.3) is 0 Å². The average molecular weight is 977 g/mol. The van der Waals surface area contributed by atoms with Gasteiger partial charge in [0.2, 0.25) is 0 Å². The minimum absolute atomic E-state index is 0.0961. The van der Waals surface area contributed by atoms with Gasteiger partial charge >= 0.3 is 19.8 Å². The van der Waals surface area contributed by atoms with Crippen molar-refractivity contribution in [3.8, 4) is 0 Å². The van der Waals surface area contributed by atoms with Gasteiger partial charge < -0.3 is 39.9 Å². The molecule has 13 nitrogen and oxygen atoms in total. The summed E-state index contributed by atoms with van der Waals surface area (Å²) in [4.78, 5) is 35.9. The summed E-state index contributed by atoms with van der Waals surface area (Å²) < 4.78 is 33.7. The summed E-state index contributed by atoms with van der Waals surface area (Å²) in [6.45, 7) is 3.33. The van der Waals surface area contributed by atoms with Crippen LogP contribution in [0.4, 0.5) is 0 Å². The number of unbranched alkanes of at least 4 members (excludes halogenated alkanes) is 33. The molecule has 6 N–H and O–H groups in total. The number of esters is 2. The molecule has 67 heavy (non-hydrogen) atoms. The molecule has 0 amide bonds. The molecule has 0 aromatic carbocycles. The number of aliphatic hydroxyl groups is 5. The van der Waals surface area contributed by atoms with Gasteiger partial charge in [-0.05, 0) is 38.5 Å². The maximum absolute atomic E-state index is 12.9. The number of aliphatic hydroxyl groups excluding tert-OH is 5. The summed E-state index contributed by atoms with van der Waals surface area (Å²) in [6, 6.07) is 0. The zero-order valence-corrected chi connectivity index (χ0v) is 43.4. The number of rotatable bonds is 47. The zero-order valence-electron chi connectivity index (χ0n) is 42.5.